The van der Waals surface area contributed by atoms with Crippen LogP contribution in [0.5, 0.6) is 0 Å². The Labute approximate surface area is 90.7 Å². The van der Waals surface area contributed by atoms with Gasteiger partial charge in [-0.15, -0.1) is 0 Å². The zero-order chi connectivity index (χ0) is 10.6. The summed E-state index contributed by atoms with van der Waals surface area (Å²) in [5, 5.41) is 11.5. The van der Waals surface area contributed by atoms with Crippen LogP contribution in [0.3, 0.4) is 0 Å². The standard InChI is InChI=1S/C9H11INO2/c1-6(9(12)13)11-8-4-2-7(10)3-5-8/h2-6,10-11H,1H3,(H,12,13)/q-1/t6-/m0/s1/i10D. The van der Waals surface area contributed by atoms with Crippen molar-refractivity contribution in [1.82, 2.24) is 0 Å². The van der Waals surface area contributed by atoms with Crippen molar-refractivity contribution in [1.29, 1.82) is 0.594 Å². The molecule has 0 radical (unpaired) electrons. The van der Waals surface area contributed by atoms with Gasteiger partial charge in [0, 0.05) is 0 Å². The maximum absolute atomic E-state index is 10.5. The Bertz CT molecular complexity index is 315. The topological polar surface area (TPSA) is 49.3 Å². The second-order valence-electron chi connectivity index (χ2n) is 2.71. The van der Waals surface area contributed by atoms with E-state index in [1.54, 1.807) is 6.92 Å². The van der Waals surface area contributed by atoms with Gasteiger partial charge in [-0.1, -0.05) is 0 Å². The molecule has 1 atom stereocenters. The molecule has 13 heavy (non-hydrogen) atoms. The van der Waals surface area contributed by atoms with Crippen molar-refractivity contribution in [2.24, 2.45) is 0 Å². The number of nitrogens with one attached hydrogen (secondary N) is 1. The zero-order valence-electron chi connectivity index (χ0n) is 8.12. The number of carbonyl (C=O) groups is 1. The van der Waals surface area contributed by atoms with Gasteiger partial charge in [0.25, 0.3) is 0 Å². The predicted octanol–water partition coefficient (Wildman–Crippen LogP) is -1.97. The zero-order valence-corrected chi connectivity index (χ0v) is 9.28. The third-order valence-electron chi connectivity index (χ3n) is 1.60. The van der Waals surface area contributed by atoms with Crippen LogP contribution in [0.4, 0.5) is 5.69 Å². The minimum absolute atomic E-state index is 0.591. The fourth-order valence-corrected chi connectivity index (χ4v) is 1.22. The van der Waals surface area contributed by atoms with E-state index in [0.29, 0.717) is 0 Å². The SMILES string of the molecule is [2H][I-]c1ccc(N[C@@H](C)C(=O)O)cc1. The van der Waals surface area contributed by atoms with Crippen molar-refractivity contribution < 1.29 is 32.3 Å². The third kappa shape index (κ3) is 3.22. The molecule has 0 fully saturated rings. The van der Waals surface area contributed by atoms with Gasteiger partial charge >= 0.3 is 90.7 Å². The van der Waals surface area contributed by atoms with Gasteiger partial charge in [0.1, 0.15) is 0 Å². The van der Waals surface area contributed by atoms with E-state index in [4.69, 9.17) is 5.70 Å². The van der Waals surface area contributed by atoms with Gasteiger partial charge in [-0.2, -0.15) is 0 Å². The number of anilines is 1. The molecule has 2 N–H and O–H groups in total. The van der Waals surface area contributed by atoms with Gasteiger partial charge in [-0.05, 0) is 0 Å². The second-order valence-corrected chi connectivity index (χ2v) is 3.96. The fraction of sp³-hybridized carbons (Fsp3) is 0.222. The third-order valence-corrected chi connectivity index (χ3v) is 2.32. The average Bonchev–Trinajstić information content (AvgIpc) is 2.19. The van der Waals surface area contributed by atoms with Crippen LogP contribution in [0.1, 0.15) is 6.92 Å². The van der Waals surface area contributed by atoms with Gasteiger partial charge in [-0.25, -0.2) is 0 Å². The molecule has 0 unspecified atom stereocenters. The van der Waals surface area contributed by atoms with Crippen LogP contribution in [-0.2, 0) is 4.79 Å². The number of halogens is 1. The van der Waals surface area contributed by atoms with E-state index in [9.17, 15) is 4.79 Å². The molecule has 1 aromatic carbocycles. The first kappa shape index (κ1) is 8.80. The summed E-state index contributed by atoms with van der Waals surface area (Å²) in [7, 11) is 0. The van der Waals surface area contributed by atoms with Crippen LogP contribution >= 0.6 is 0 Å². The Morgan fingerprint density at radius 1 is 1.62 bits per heavy atom. The summed E-state index contributed by atoms with van der Waals surface area (Å²) in [5.74, 6) is -0.873. The summed E-state index contributed by atoms with van der Waals surface area (Å²) < 4.78 is 8.24. The molecule has 0 spiro atoms. The maximum atomic E-state index is 10.5. The molecule has 1 aromatic rings. The fourth-order valence-electron chi connectivity index (χ4n) is 0.858. The summed E-state index contributed by atoms with van der Waals surface area (Å²) in [4.78, 5) is 10.5. The molecular weight excluding hydrogens is 281 g/mol. The van der Waals surface area contributed by atoms with E-state index in [0.717, 1.165) is 9.26 Å². The Kier molecular flexibility index (Phi) is 3.02. The molecule has 0 bridgehead atoms. The predicted molar refractivity (Wildman–Crippen MR) is 47.3 cm³/mol. The first-order valence-corrected chi connectivity index (χ1v) is 4.92. The van der Waals surface area contributed by atoms with Gasteiger partial charge in [0.05, 0.1) is 0 Å². The average molecular weight is 293 g/mol. The molecule has 0 saturated carbocycles. The molecule has 0 saturated heterocycles. The molecule has 0 aliphatic rings. The van der Waals surface area contributed by atoms with Crippen LogP contribution in [0.15, 0.2) is 24.3 Å². The first-order chi connectivity index (χ1) is 6.63. The summed E-state index contributed by atoms with van der Waals surface area (Å²) >= 11 is -0.631. The molecule has 0 aliphatic carbocycles. The number of benzene rings is 1. The second kappa shape index (κ2) is 4.45. The number of carboxylic acid groups (broad SMARTS) is 1. The summed E-state index contributed by atoms with van der Waals surface area (Å²) in [6, 6.07) is 6.74. The first-order valence-electron chi connectivity index (χ1n) is 4.22. The number of rotatable bonds is 4. The number of aliphatic carboxylic acids is 1. The number of hydrogen-bond acceptors (Lipinski definition) is 2. The van der Waals surface area contributed by atoms with E-state index in [1.165, 1.54) is 0 Å². The van der Waals surface area contributed by atoms with Gasteiger partial charge < -0.3 is 0 Å². The van der Waals surface area contributed by atoms with Crippen molar-refractivity contribution >= 4 is 11.7 Å². The van der Waals surface area contributed by atoms with Crippen LogP contribution in [0.2, 0.25) is 0 Å². The molecule has 0 heterocycles. The van der Waals surface area contributed by atoms with E-state index in [2.05, 4.69) is 5.32 Å². The number of hydrogen-bond donors (Lipinski definition) is 2. The van der Waals surface area contributed by atoms with Crippen LogP contribution in [0, 0.1) is 3.57 Å². The van der Waals surface area contributed by atoms with Crippen LogP contribution in [-0.4, -0.2) is 17.7 Å². The summed E-state index contributed by atoms with van der Waals surface area (Å²) in [5.41, 5.74) is 0.779. The van der Waals surface area contributed by atoms with Gasteiger partial charge in [0.2, 0.25) is 0 Å². The van der Waals surface area contributed by atoms with Crippen molar-refractivity contribution in [2.45, 2.75) is 13.0 Å². The van der Waals surface area contributed by atoms with Crippen molar-refractivity contribution in [3.8, 4) is 0 Å². The van der Waals surface area contributed by atoms with Crippen molar-refractivity contribution in [3.05, 3.63) is 27.8 Å². The van der Waals surface area contributed by atoms with E-state index >= 15 is 0 Å². The minimum atomic E-state index is -0.873. The molecule has 1 rings (SSSR count). The normalized spacial score (nSPS) is 13.5. The summed E-state index contributed by atoms with van der Waals surface area (Å²) in [6.07, 6.45) is 0. The van der Waals surface area contributed by atoms with E-state index in [1.807, 2.05) is 24.3 Å². The quantitative estimate of drug-likeness (QED) is 0.633. The molecular formula is C9H11INO2-. The van der Waals surface area contributed by atoms with Crippen LogP contribution in [0.25, 0.3) is 0 Å². The van der Waals surface area contributed by atoms with Gasteiger partial charge in [-0.3, -0.25) is 0 Å². The van der Waals surface area contributed by atoms with Crippen LogP contribution < -0.4 is 27.7 Å². The molecule has 3 nitrogen and oxygen atoms in total. The molecule has 4 heteroatoms. The summed E-state index contributed by atoms with van der Waals surface area (Å²) in [6.45, 7) is 1.59. The Morgan fingerprint density at radius 3 is 2.69 bits per heavy atom. The molecule has 72 valence electrons. The molecule has 0 aliphatic heterocycles. The van der Waals surface area contributed by atoms with Crippen molar-refractivity contribution in [3.63, 3.8) is 0 Å². The molecule has 0 amide bonds. The van der Waals surface area contributed by atoms with Gasteiger partial charge in [0.15, 0.2) is 0 Å². The van der Waals surface area contributed by atoms with E-state index < -0.39 is 34.4 Å². The Hall–Kier alpha value is -0.780. The Balaban J connectivity index is 2.64. The van der Waals surface area contributed by atoms with E-state index in [-0.39, 0.29) is 0 Å². The monoisotopic (exact) mass is 293 g/mol. The molecule has 0 aromatic heterocycles. The number of carboxylic acids is 1. The Morgan fingerprint density at radius 2 is 2.23 bits per heavy atom. The van der Waals surface area contributed by atoms with Crippen molar-refractivity contribution in [2.75, 3.05) is 5.32 Å².